The molecule has 1 heterocycles. The summed E-state index contributed by atoms with van der Waals surface area (Å²) in [5, 5.41) is 3.18. The van der Waals surface area contributed by atoms with Crippen LogP contribution in [0.3, 0.4) is 0 Å². The molecule has 0 bridgehead atoms. The van der Waals surface area contributed by atoms with E-state index in [2.05, 4.69) is 40.1 Å². The van der Waals surface area contributed by atoms with Gasteiger partial charge in [-0.1, -0.05) is 12.1 Å². The van der Waals surface area contributed by atoms with Crippen molar-refractivity contribution in [2.75, 3.05) is 7.05 Å². The Morgan fingerprint density at radius 1 is 1.28 bits per heavy atom. The normalized spacial score (nSPS) is 13.9. The van der Waals surface area contributed by atoms with Crippen molar-refractivity contribution in [3.63, 3.8) is 0 Å². The van der Waals surface area contributed by atoms with Crippen LogP contribution in [0.5, 0.6) is 0 Å². The van der Waals surface area contributed by atoms with Crippen molar-refractivity contribution in [3.05, 3.63) is 41.3 Å². The van der Waals surface area contributed by atoms with Crippen LogP contribution in [0.4, 0.5) is 0 Å². The second-order valence-corrected chi connectivity index (χ2v) is 5.02. The maximum absolute atomic E-state index is 4.48. The standard InChI is InChI=1S/C15H19N3/c1-16-9-14-15(18(2)10-17-14)13-7-6-11-4-3-5-12(11)8-13/h6-8,10,16H,3-5,9H2,1-2H3. The van der Waals surface area contributed by atoms with Gasteiger partial charge >= 0.3 is 0 Å². The molecule has 18 heavy (non-hydrogen) atoms. The van der Waals surface area contributed by atoms with Gasteiger partial charge in [-0.25, -0.2) is 4.98 Å². The monoisotopic (exact) mass is 241 g/mol. The average Bonchev–Trinajstić information content (AvgIpc) is 2.96. The highest BCUT2D eigenvalue weighted by molar-refractivity contribution is 5.64. The van der Waals surface area contributed by atoms with Gasteiger partial charge in [0, 0.05) is 19.2 Å². The molecule has 1 aliphatic carbocycles. The molecule has 0 saturated carbocycles. The van der Waals surface area contributed by atoms with Crippen molar-refractivity contribution < 1.29 is 0 Å². The summed E-state index contributed by atoms with van der Waals surface area (Å²) in [4.78, 5) is 4.48. The van der Waals surface area contributed by atoms with Gasteiger partial charge in [0.15, 0.2) is 0 Å². The summed E-state index contributed by atoms with van der Waals surface area (Å²) in [5.74, 6) is 0. The number of fused-ring (bicyclic) bond motifs is 1. The summed E-state index contributed by atoms with van der Waals surface area (Å²) in [6.07, 6.45) is 5.66. The Kier molecular flexibility index (Phi) is 2.92. The van der Waals surface area contributed by atoms with E-state index in [9.17, 15) is 0 Å². The smallest absolute Gasteiger partial charge is 0.0952 e. The molecule has 3 heteroatoms. The fraction of sp³-hybridized carbons (Fsp3) is 0.400. The van der Waals surface area contributed by atoms with Crippen LogP contribution in [0.25, 0.3) is 11.3 Å². The minimum Gasteiger partial charge on any atom is -0.333 e. The van der Waals surface area contributed by atoms with Gasteiger partial charge in [0.25, 0.3) is 0 Å². The quantitative estimate of drug-likeness (QED) is 0.893. The highest BCUT2D eigenvalue weighted by atomic mass is 15.0. The highest BCUT2D eigenvalue weighted by Crippen LogP contribution is 2.29. The first-order valence-electron chi connectivity index (χ1n) is 6.56. The van der Waals surface area contributed by atoms with Crippen LogP contribution in [-0.4, -0.2) is 16.6 Å². The molecule has 0 unspecified atom stereocenters. The Bertz CT molecular complexity index is 569. The number of nitrogens with one attached hydrogen (secondary N) is 1. The van der Waals surface area contributed by atoms with E-state index >= 15 is 0 Å². The summed E-state index contributed by atoms with van der Waals surface area (Å²) in [6.45, 7) is 0.813. The first-order valence-corrected chi connectivity index (χ1v) is 6.56. The molecular weight excluding hydrogens is 222 g/mol. The Morgan fingerprint density at radius 2 is 2.11 bits per heavy atom. The zero-order valence-corrected chi connectivity index (χ0v) is 11.0. The van der Waals surface area contributed by atoms with E-state index in [1.165, 1.54) is 41.6 Å². The summed E-state index contributed by atoms with van der Waals surface area (Å²) in [7, 11) is 4.02. The molecule has 0 amide bonds. The van der Waals surface area contributed by atoms with Crippen molar-refractivity contribution in [2.24, 2.45) is 7.05 Å². The van der Waals surface area contributed by atoms with Gasteiger partial charge in [0.2, 0.25) is 0 Å². The molecule has 0 saturated heterocycles. The molecule has 0 aliphatic heterocycles. The molecule has 1 aromatic heterocycles. The minimum atomic E-state index is 0.813. The lowest BCUT2D eigenvalue weighted by molar-refractivity contribution is 0.797. The molecule has 3 nitrogen and oxygen atoms in total. The molecule has 2 aromatic rings. The lowest BCUT2D eigenvalue weighted by Crippen LogP contribution is -2.07. The maximum Gasteiger partial charge on any atom is 0.0952 e. The number of nitrogens with zero attached hydrogens (tertiary/aromatic N) is 2. The number of hydrogen-bond donors (Lipinski definition) is 1. The fourth-order valence-corrected chi connectivity index (χ4v) is 2.86. The number of hydrogen-bond acceptors (Lipinski definition) is 2. The molecule has 0 fully saturated rings. The van der Waals surface area contributed by atoms with Gasteiger partial charge < -0.3 is 9.88 Å². The van der Waals surface area contributed by atoms with E-state index in [4.69, 9.17) is 0 Å². The highest BCUT2D eigenvalue weighted by Gasteiger charge is 2.15. The van der Waals surface area contributed by atoms with Gasteiger partial charge in [-0.3, -0.25) is 0 Å². The Labute approximate surface area is 108 Å². The largest absolute Gasteiger partial charge is 0.333 e. The number of aromatic nitrogens is 2. The van der Waals surface area contributed by atoms with Crippen molar-refractivity contribution in [1.29, 1.82) is 0 Å². The average molecular weight is 241 g/mol. The predicted molar refractivity (Wildman–Crippen MR) is 73.4 cm³/mol. The van der Waals surface area contributed by atoms with Crippen molar-refractivity contribution in [3.8, 4) is 11.3 Å². The summed E-state index contributed by atoms with van der Waals surface area (Å²) in [5.41, 5.74) is 6.69. The van der Waals surface area contributed by atoms with E-state index in [-0.39, 0.29) is 0 Å². The molecular formula is C15H19N3. The summed E-state index contributed by atoms with van der Waals surface area (Å²) in [6, 6.07) is 6.87. The molecule has 3 rings (SSSR count). The Hall–Kier alpha value is -1.61. The van der Waals surface area contributed by atoms with Gasteiger partial charge in [-0.05, 0) is 43.5 Å². The van der Waals surface area contributed by atoms with Gasteiger partial charge in [-0.2, -0.15) is 0 Å². The first-order chi connectivity index (χ1) is 8.79. The topological polar surface area (TPSA) is 29.9 Å². The SMILES string of the molecule is CNCc1ncn(C)c1-c1ccc2c(c1)CCC2. The van der Waals surface area contributed by atoms with E-state index in [0.29, 0.717) is 0 Å². The third-order valence-electron chi connectivity index (χ3n) is 3.73. The molecule has 1 N–H and O–H groups in total. The van der Waals surface area contributed by atoms with Crippen molar-refractivity contribution in [2.45, 2.75) is 25.8 Å². The van der Waals surface area contributed by atoms with Gasteiger partial charge in [-0.15, -0.1) is 0 Å². The number of imidazole rings is 1. The molecule has 1 aromatic carbocycles. The maximum atomic E-state index is 4.48. The van der Waals surface area contributed by atoms with E-state index in [1.807, 2.05) is 13.4 Å². The second kappa shape index (κ2) is 4.58. The Balaban J connectivity index is 2.06. The molecule has 1 aliphatic rings. The molecule has 0 atom stereocenters. The summed E-state index contributed by atoms with van der Waals surface area (Å²) >= 11 is 0. The van der Waals surface area contributed by atoms with Crippen molar-refractivity contribution >= 4 is 0 Å². The predicted octanol–water partition coefficient (Wildman–Crippen LogP) is 2.30. The minimum absolute atomic E-state index is 0.813. The van der Waals surface area contributed by atoms with Crippen LogP contribution in [0.2, 0.25) is 0 Å². The summed E-state index contributed by atoms with van der Waals surface area (Å²) < 4.78 is 2.11. The molecule has 94 valence electrons. The van der Waals surface area contributed by atoms with E-state index < -0.39 is 0 Å². The van der Waals surface area contributed by atoms with E-state index in [0.717, 1.165) is 12.2 Å². The zero-order chi connectivity index (χ0) is 12.5. The van der Waals surface area contributed by atoms with Crippen LogP contribution in [0.15, 0.2) is 24.5 Å². The van der Waals surface area contributed by atoms with Gasteiger partial charge in [0.05, 0.1) is 17.7 Å². The molecule has 0 radical (unpaired) electrons. The van der Waals surface area contributed by atoms with Crippen LogP contribution in [0, 0.1) is 0 Å². The van der Waals surface area contributed by atoms with E-state index in [1.54, 1.807) is 0 Å². The number of aryl methyl sites for hydroxylation is 3. The van der Waals surface area contributed by atoms with Crippen LogP contribution >= 0.6 is 0 Å². The zero-order valence-electron chi connectivity index (χ0n) is 11.0. The number of benzene rings is 1. The van der Waals surface area contributed by atoms with Gasteiger partial charge in [0.1, 0.15) is 0 Å². The van der Waals surface area contributed by atoms with Crippen LogP contribution in [-0.2, 0) is 26.4 Å². The third kappa shape index (κ3) is 1.85. The van der Waals surface area contributed by atoms with Crippen LogP contribution < -0.4 is 5.32 Å². The Morgan fingerprint density at radius 3 is 2.94 bits per heavy atom. The molecule has 0 spiro atoms. The second-order valence-electron chi connectivity index (χ2n) is 5.02. The van der Waals surface area contributed by atoms with Crippen LogP contribution in [0.1, 0.15) is 23.2 Å². The first kappa shape index (κ1) is 11.5. The number of rotatable bonds is 3. The van der Waals surface area contributed by atoms with Crippen molar-refractivity contribution in [1.82, 2.24) is 14.9 Å². The third-order valence-corrected chi connectivity index (χ3v) is 3.73. The lowest BCUT2D eigenvalue weighted by atomic mass is 10.0. The lowest BCUT2D eigenvalue weighted by Gasteiger charge is -2.08. The fourth-order valence-electron chi connectivity index (χ4n) is 2.86.